The number of aromatic nitrogens is 1. The summed E-state index contributed by atoms with van der Waals surface area (Å²) in [6.07, 6.45) is -0.331. The molecule has 0 spiro atoms. The maximum absolute atomic E-state index is 13.0. The smallest absolute Gasteiger partial charge is 0.257 e. The predicted octanol–water partition coefficient (Wildman–Crippen LogP) is 4.46. The molecule has 0 aliphatic carbocycles. The number of sulfonamides is 1. The molecule has 1 N–H and O–H groups in total. The van der Waals surface area contributed by atoms with Gasteiger partial charge in [0.15, 0.2) is 5.13 Å². The van der Waals surface area contributed by atoms with Crippen molar-refractivity contribution in [2.45, 2.75) is 31.0 Å². The van der Waals surface area contributed by atoms with Crippen LogP contribution in [0.4, 0.5) is 5.13 Å². The highest BCUT2D eigenvalue weighted by Crippen LogP contribution is 2.26. The van der Waals surface area contributed by atoms with E-state index in [-0.39, 0.29) is 23.0 Å². The minimum atomic E-state index is -3.65. The van der Waals surface area contributed by atoms with Gasteiger partial charge in [-0.15, -0.1) is 11.3 Å². The molecule has 7 nitrogen and oxygen atoms in total. The van der Waals surface area contributed by atoms with Gasteiger partial charge >= 0.3 is 0 Å². The zero-order valence-corrected chi connectivity index (χ0v) is 21.3. The summed E-state index contributed by atoms with van der Waals surface area (Å²) in [5.41, 5.74) is 2.12. The molecule has 1 aromatic heterocycles. The number of hydrogen-bond donors (Lipinski definition) is 1. The van der Waals surface area contributed by atoms with Crippen LogP contribution in [0.2, 0.25) is 0 Å². The van der Waals surface area contributed by atoms with E-state index < -0.39 is 10.0 Å². The van der Waals surface area contributed by atoms with Crippen LogP contribution in [-0.4, -0.2) is 48.9 Å². The third-order valence-electron chi connectivity index (χ3n) is 5.01. The van der Waals surface area contributed by atoms with Gasteiger partial charge in [-0.05, 0) is 72.8 Å². The fourth-order valence-corrected chi connectivity index (χ4v) is 6.17. The summed E-state index contributed by atoms with van der Waals surface area (Å²) in [4.78, 5) is 17.3. The van der Waals surface area contributed by atoms with Crippen LogP contribution in [0, 0.1) is 3.57 Å². The number of hydrogen-bond acceptors (Lipinski definition) is 6. The molecule has 168 valence electrons. The summed E-state index contributed by atoms with van der Waals surface area (Å²) in [5.74, 6) is -0.342. The number of nitrogens with zero attached hydrogens (tertiary/aromatic N) is 2. The third kappa shape index (κ3) is 5.20. The van der Waals surface area contributed by atoms with Crippen LogP contribution in [0.1, 0.15) is 24.2 Å². The van der Waals surface area contributed by atoms with E-state index in [0.717, 1.165) is 14.8 Å². The number of rotatable bonds is 5. The molecule has 2 heterocycles. The second kappa shape index (κ2) is 9.56. The third-order valence-corrected chi connectivity index (χ3v) is 8.33. The van der Waals surface area contributed by atoms with Crippen LogP contribution < -0.4 is 5.32 Å². The predicted molar refractivity (Wildman–Crippen MR) is 133 cm³/mol. The molecular weight excluding hydrogens is 561 g/mol. The van der Waals surface area contributed by atoms with E-state index >= 15 is 0 Å². The monoisotopic (exact) mass is 583 g/mol. The highest BCUT2D eigenvalue weighted by atomic mass is 127. The van der Waals surface area contributed by atoms with Gasteiger partial charge in [-0.1, -0.05) is 12.1 Å². The molecule has 10 heteroatoms. The van der Waals surface area contributed by atoms with Crippen molar-refractivity contribution in [2.24, 2.45) is 0 Å². The Balaban J connectivity index is 1.45. The van der Waals surface area contributed by atoms with Gasteiger partial charge in [0, 0.05) is 33.2 Å². The molecule has 1 amide bonds. The maximum atomic E-state index is 13.0. The number of thiazole rings is 1. The molecule has 2 atom stereocenters. The van der Waals surface area contributed by atoms with Gasteiger partial charge in [-0.3, -0.25) is 10.1 Å². The fourth-order valence-electron chi connectivity index (χ4n) is 3.51. The molecule has 1 aliphatic heterocycles. The van der Waals surface area contributed by atoms with E-state index in [9.17, 15) is 13.2 Å². The minimum Gasteiger partial charge on any atom is -0.373 e. The van der Waals surface area contributed by atoms with Crippen LogP contribution in [0.3, 0.4) is 0 Å². The summed E-state index contributed by atoms with van der Waals surface area (Å²) < 4.78 is 34.1. The van der Waals surface area contributed by atoms with E-state index in [0.29, 0.717) is 23.8 Å². The Morgan fingerprint density at radius 2 is 1.72 bits per heavy atom. The molecule has 1 saturated heterocycles. The number of carbonyl (C=O) groups excluding carboxylic acids is 1. The first kappa shape index (κ1) is 23.3. The molecule has 32 heavy (non-hydrogen) atoms. The van der Waals surface area contributed by atoms with Gasteiger partial charge in [0.1, 0.15) is 0 Å². The van der Waals surface area contributed by atoms with Gasteiger partial charge < -0.3 is 4.74 Å². The quantitative estimate of drug-likeness (QED) is 0.448. The van der Waals surface area contributed by atoms with Crippen LogP contribution in [0.5, 0.6) is 0 Å². The average molecular weight is 583 g/mol. The Labute approximate surface area is 205 Å². The van der Waals surface area contributed by atoms with Crippen molar-refractivity contribution < 1.29 is 17.9 Å². The lowest BCUT2D eigenvalue weighted by Crippen LogP contribution is -2.48. The summed E-state index contributed by atoms with van der Waals surface area (Å²) >= 11 is 3.58. The van der Waals surface area contributed by atoms with Crippen LogP contribution in [-0.2, 0) is 14.8 Å². The molecule has 1 aliphatic rings. The second-order valence-electron chi connectivity index (χ2n) is 7.60. The largest absolute Gasteiger partial charge is 0.373 e. The van der Waals surface area contributed by atoms with Gasteiger partial charge in [-0.2, -0.15) is 4.31 Å². The Hall–Kier alpha value is -1.86. The topological polar surface area (TPSA) is 88.6 Å². The first-order valence-electron chi connectivity index (χ1n) is 10.0. The van der Waals surface area contributed by atoms with Gasteiger partial charge in [0.05, 0.1) is 22.8 Å². The highest BCUT2D eigenvalue weighted by Gasteiger charge is 2.32. The Morgan fingerprint density at radius 1 is 1.09 bits per heavy atom. The van der Waals surface area contributed by atoms with Crippen molar-refractivity contribution in [3.05, 3.63) is 63.0 Å². The van der Waals surface area contributed by atoms with E-state index in [4.69, 9.17) is 4.74 Å². The number of halogens is 1. The first-order valence-corrected chi connectivity index (χ1v) is 13.4. The van der Waals surface area contributed by atoms with E-state index in [2.05, 4.69) is 32.9 Å². The van der Waals surface area contributed by atoms with Gasteiger partial charge in [0.2, 0.25) is 10.0 Å². The van der Waals surface area contributed by atoms with Gasteiger partial charge in [-0.25, -0.2) is 13.4 Å². The number of ether oxygens (including phenoxy) is 1. The standard InChI is InChI=1S/C22H22IN3O4S2/c1-14-11-26(12-15(2)30-14)32(28,29)19-9-5-17(6-10-19)21(27)25-22-24-20(13-31-22)16-3-7-18(23)8-4-16/h3-10,13-15H,11-12H2,1-2H3,(H,24,25,27). The minimum absolute atomic E-state index is 0.158. The molecule has 0 bridgehead atoms. The molecule has 2 aromatic carbocycles. The normalized spacial score (nSPS) is 19.6. The SMILES string of the molecule is CC1CN(S(=O)(=O)c2ccc(C(=O)Nc3nc(-c4ccc(I)cc4)cs3)cc2)CC(C)O1. The van der Waals surface area contributed by atoms with Crippen molar-refractivity contribution in [3.63, 3.8) is 0 Å². The fraction of sp³-hybridized carbons (Fsp3) is 0.273. The lowest BCUT2D eigenvalue weighted by Gasteiger charge is -2.34. The lowest BCUT2D eigenvalue weighted by atomic mass is 10.2. The average Bonchev–Trinajstić information content (AvgIpc) is 3.22. The Kier molecular flexibility index (Phi) is 6.96. The molecule has 0 saturated carbocycles. The zero-order chi connectivity index (χ0) is 22.9. The highest BCUT2D eigenvalue weighted by molar-refractivity contribution is 14.1. The number of benzene rings is 2. The van der Waals surface area contributed by atoms with Crippen molar-refractivity contribution in [1.82, 2.24) is 9.29 Å². The molecule has 3 aromatic rings. The Bertz CT molecular complexity index is 1200. The van der Waals surface area contributed by atoms with E-state index in [1.54, 1.807) is 0 Å². The Morgan fingerprint density at radius 3 is 2.34 bits per heavy atom. The number of morpholine rings is 1. The molecular formula is C22H22IN3O4S2. The van der Waals surface area contributed by atoms with Crippen molar-refractivity contribution >= 4 is 55.0 Å². The van der Waals surface area contributed by atoms with Crippen LogP contribution >= 0.6 is 33.9 Å². The van der Waals surface area contributed by atoms with E-state index in [1.165, 1.54) is 39.9 Å². The molecule has 2 unspecified atom stereocenters. The maximum Gasteiger partial charge on any atom is 0.257 e. The molecule has 0 radical (unpaired) electrons. The number of amides is 1. The van der Waals surface area contributed by atoms with E-state index in [1.807, 2.05) is 43.5 Å². The number of nitrogens with one attached hydrogen (secondary N) is 1. The summed E-state index contributed by atoms with van der Waals surface area (Å²) in [7, 11) is -3.65. The summed E-state index contributed by atoms with van der Waals surface area (Å²) in [6.45, 7) is 4.33. The second-order valence-corrected chi connectivity index (χ2v) is 11.6. The summed E-state index contributed by atoms with van der Waals surface area (Å²) in [5, 5.41) is 5.15. The molecule has 4 rings (SSSR count). The van der Waals surface area contributed by atoms with Crippen LogP contribution in [0.15, 0.2) is 58.8 Å². The van der Waals surface area contributed by atoms with Crippen molar-refractivity contribution in [2.75, 3.05) is 18.4 Å². The summed E-state index contributed by atoms with van der Waals surface area (Å²) in [6, 6.07) is 13.9. The number of carbonyl (C=O) groups is 1. The van der Waals surface area contributed by atoms with Gasteiger partial charge in [0.25, 0.3) is 5.91 Å². The number of anilines is 1. The zero-order valence-electron chi connectivity index (χ0n) is 17.5. The molecule has 1 fully saturated rings. The van der Waals surface area contributed by atoms with Crippen molar-refractivity contribution in [3.8, 4) is 11.3 Å². The first-order chi connectivity index (χ1) is 15.2. The van der Waals surface area contributed by atoms with Crippen molar-refractivity contribution in [1.29, 1.82) is 0 Å². The van der Waals surface area contributed by atoms with Crippen LogP contribution in [0.25, 0.3) is 11.3 Å². The lowest BCUT2D eigenvalue weighted by molar-refractivity contribution is -0.0440.